The van der Waals surface area contributed by atoms with Crippen molar-refractivity contribution in [2.45, 2.75) is 19.9 Å². The fraction of sp³-hybridized carbons (Fsp3) is 0.636. The smallest absolute Gasteiger partial charge is 0.0730 e. The fourth-order valence-electron chi connectivity index (χ4n) is 1.29. The number of hydrogen-bond acceptors (Lipinski definition) is 4. The minimum absolute atomic E-state index is 0.107. The number of rotatable bonds is 8. The molecule has 0 amide bonds. The van der Waals surface area contributed by atoms with Crippen molar-refractivity contribution < 1.29 is 9.84 Å². The summed E-state index contributed by atoms with van der Waals surface area (Å²) < 4.78 is 6.38. The first-order chi connectivity index (χ1) is 7.74. The van der Waals surface area contributed by atoms with E-state index in [0.29, 0.717) is 13.2 Å². The van der Waals surface area contributed by atoms with Crippen molar-refractivity contribution in [3.63, 3.8) is 0 Å². The summed E-state index contributed by atoms with van der Waals surface area (Å²) in [5, 5.41) is 11.9. The van der Waals surface area contributed by atoms with E-state index < -0.39 is 0 Å². The Morgan fingerprint density at radius 1 is 1.50 bits per heavy atom. The molecule has 0 aromatic carbocycles. The van der Waals surface area contributed by atoms with Crippen LogP contribution in [0.5, 0.6) is 0 Å². The van der Waals surface area contributed by atoms with E-state index in [1.165, 1.54) is 14.2 Å². The summed E-state index contributed by atoms with van der Waals surface area (Å²) >= 11 is 5.29. The summed E-state index contributed by atoms with van der Waals surface area (Å²) in [6, 6.07) is 2.20. The minimum Gasteiger partial charge on any atom is -0.394 e. The standard InChI is InChI=1S/C11H18BrNO2S/c1-9-7-10(16-11(9)12)8-13-3-2-5-15-6-4-14/h7,13-14H,2-6,8H2,1H3. The number of aliphatic hydroxyl groups excluding tert-OH is 1. The second kappa shape index (κ2) is 8.20. The first-order valence-electron chi connectivity index (χ1n) is 5.38. The number of hydrogen-bond donors (Lipinski definition) is 2. The van der Waals surface area contributed by atoms with Gasteiger partial charge in [-0.3, -0.25) is 0 Å². The monoisotopic (exact) mass is 307 g/mol. The first kappa shape index (κ1) is 14.1. The molecule has 0 bridgehead atoms. The number of nitrogens with one attached hydrogen (secondary N) is 1. The average Bonchev–Trinajstić information content (AvgIpc) is 2.57. The van der Waals surface area contributed by atoms with Crippen LogP contribution >= 0.6 is 27.3 Å². The highest BCUT2D eigenvalue weighted by Crippen LogP contribution is 2.26. The Balaban J connectivity index is 2.03. The summed E-state index contributed by atoms with van der Waals surface area (Å²) in [6.07, 6.45) is 0.978. The van der Waals surface area contributed by atoms with E-state index in [0.717, 1.165) is 19.5 Å². The molecule has 0 radical (unpaired) electrons. The van der Waals surface area contributed by atoms with Gasteiger partial charge in [-0.25, -0.2) is 0 Å². The number of ether oxygens (including phenoxy) is 1. The molecule has 0 aliphatic heterocycles. The summed E-state index contributed by atoms with van der Waals surface area (Å²) in [5.74, 6) is 0. The molecular formula is C11H18BrNO2S. The van der Waals surface area contributed by atoms with Gasteiger partial charge >= 0.3 is 0 Å². The van der Waals surface area contributed by atoms with Crippen LogP contribution in [-0.4, -0.2) is 31.5 Å². The van der Waals surface area contributed by atoms with Crippen molar-refractivity contribution in [3.8, 4) is 0 Å². The lowest BCUT2D eigenvalue weighted by Gasteiger charge is -2.03. The molecule has 16 heavy (non-hydrogen) atoms. The zero-order valence-electron chi connectivity index (χ0n) is 9.46. The summed E-state index contributed by atoms with van der Waals surface area (Å²) in [5.41, 5.74) is 1.30. The van der Waals surface area contributed by atoms with Gasteiger partial charge in [0.25, 0.3) is 0 Å². The third kappa shape index (κ3) is 5.41. The number of thiophene rings is 1. The molecule has 0 atom stereocenters. The van der Waals surface area contributed by atoms with Crippen LogP contribution in [0.2, 0.25) is 0 Å². The molecule has 0 saturated heterocycles. The first-order valence-corrected chi connectivity index (χ1v) is 6.99. The third-order valence-corrected chi connectivity index (χ3v) is 4.22. The fourth-order valence-corrected chi connectivity index (χ4v) is 2.89. The molecule has 0 aliphatic rings. The van der Waals surface area contributed by atoms with Crippen LogP contribution in [-0.2, 0) is 11.3 Å². The van der Waals surface area contributed by atoms with Gasteiger partial charge in [-0.2, -0.15) is 0 Å². The summed E-state index contributed by atoms with van der Waals surface area (Å²) in [6.45, 7) is 5.22. The molecule has 0 aliphatic carbocycles. The molecular weight excluding hydrogens is 290 g/mol. The van der Waals surface area contributed by atoms with E-state index in [4.69, 9.17) is 9.84 Å². The van der Waals surface area contributed by atoms with Crippen LogP contribution in [0.1, 0.15) is 16.9 Å². The van der Waals surface area contributed by atoms with Crippen LogP contribution in [0, 0.1) is 6.92 Å². The third-order valence-electron chi connectivity index (χ3n) is 2.09. The van der Waals surface area contributed by atoms with Crippen LogP contribution in [0.3, 0.4) is 0 Å². The van der Waals surface area contributed by atoms with Crippen molar-refractivity contribution in [3.05, 3.63) is 20.3 Å². The second-order valence-electron chi connectivity index (χ2n) is 3.54. The highest BCUT2D eigenvalue weighted by atomic mass is 79.9. The Morgan fingerprint density at radius 3 is 2.94 bits per heavy atom. The van der Waals surface area contributed by atoms with Crippen LogP contribution in [0.15, 0.2) is 9.85 Å². The molecule has 1 heterocycles. The van der Waals surface area contributed by atoms with Gasteiger partial charge in [0.15, 0.2) is 0 Å². The molecule has 1 aromatic rings. The zero-order chi connectivity index (χ0) is 11.8. The Labute approximate surface area is 109 Å². The van der Waals surface area contributed by atoms with Crippen molar-refractivity contribution in [1.82, 2.24) is 5.32 Å². The SMILES string of the molecule is Cc1cc(CNCCCOCCO)sc1Br. The van der Waals surface area contributed by atoms with Gasteiger partial charge in [0.05, 0.1) is 17.0 Å². The van der Waals surface area contributed by atoms with E-state index >= 15 is 0 Å². The van der Waals surface area contributed by atoms with Crippen LogP contribution in [0.4, 0.5) is 0 Å². The van der Waals surface area contributed by atoms with Crippen LogP contribution < -0.4 is 5.32 Å². The quantitative estimate of drug-likeness (QED) is 0.724. The summed E-state index contributed by atoms with van der Waals surface area (Å²) in [7, 11) is 0. The minimum atomic E-state index is 0.107. The van der Waals surface area contributed by atoms with E-state index in [2.05, 4.69) is 34.2 Å². The summed E-state index contributed by atoms with van der Waals surface area (Å²) in [4.78, 5) is 1.35. The van der Waals surface area contributed by atoms with E-state index in [1.54, 1.807) is 11.3 Å². The van der Waals surface area contributed by atoms with E-state index in [1.807, 2.05) is 0 Å². The number of aryl methyl sites for hydroxylation is 1. The average molecular weight is 308 g/mol. The Kier molecular flexibility index (Phi) is 7.23. The highest BCUT2D eigenvalue weighted by molar-refractivity contribution is 9.11. The molecule has 0 fully saturated rings. The molecule has 5 heteroatoms. The zero-order valence-corrected chi connectivity index (χ0v) is 11.9. The van der Waals surface area contributed by atoms with Gasteiger partial charge in [-0.15, -0.1) is 11.3 Å². The predicted octanol–water partition coefficient (Wildman–Crippen LogP) is 2.31. The van der Waals surface area contributed by atoms with Crippen molar-refractivity contribution in [2.24, 2.45) is 0 Å². The molecule has 0 saturated carbocycles. The van der Waals surface area contributed by atoms with Gasteiger partial charge in [-0.05, 0) is 47.4 Å². The lowest BCUT2D eigenvalue weighted by atomic mass is 10.3. The molecule has 92 valence electrons. The molecule has 1 rings (SSSR count). The maximum atomic E-state index is 8.50. The Morgan fingerprint density at radius 2 is 2.31 bits per heavy atom. The van der Waals surface area contributed by atoms with Gasteiger partial charge in [0.2, 0.25) is 0 Å². The Bertz CT molecular complexity index is 285. The topological polar surface area (TPSA) is 41.5 Å². The Hall–Kier alpha value is 0.0600. The van der Waals surface area contributed by atoms with Crippen LogP contribution in [0.25, 0.3) is 0 Å². The van der Waals surface area contributed by atoms with Gasteiger partial charge in [-0.1, -0.05) is 0 Å². The molecule has 0 spiro atoms. The second-order valence-corrected chi connectivity index (χ2v) is 5.99. The van der Waals surface area contributed by atoms with Crippen molar-refractivity contribution in [1.29, 1.82) is 0 Å². The lowest BCUT2D eigenvalue weighted by molar-refractivity contribution is 0.0907. The maximum Gasteiger partial charge on any atom is 0.0730 e. The number of halogens is 1. The van der Waals surface area contributed by atoms with Crippen molar-refractivity contribution in [2.75, 3.05) is 26.4 Å². The van der Waals surface area contributed by atoms with Gasteiger partial charge < -0.3 is 15.2 Å². The molecule has 3 nitrogen and oxygen atoms in total. The molecule has 1 aromatic heterocycles. The van der Waals surface area contributed by atoms with E-state index in [9.17, 15) is 0 Å². The molecule has 0 unspecified atom stereocenters. The van der Waals surface area contributed by atoms with Crippen molar-refractivity contribution >= 4 is 27.3 Å². The molecule has 2 N–H and O–H groups in total. The predicted molar refractivity (Wildman–Crippen MR) is 71.0 cm³/mol. The maximum absolute atomic E-state index is 8.50. The highest BCUT2D eigenvalue weighted by Gasteiger charge is 2.01. The largest absolute Gasteiger partial charge is 0.394 e. The normalized spacial score (nSPS) is 10.9. The van der Waals surface area contributed by atoms with Gasteiger partial charge in [0, 0.05) is 18.0 Å². The van der Waals surface area contributed by atoms with E-state index in [-0.39, 0.29) is 6.61 Å². The number of aliphatic hydroxyl groups is 1. The lowest BCUT2D eigenvalue weighted by Crippen LogP contribution is -2.16. The van der Waals surface area contributed by atoms with Gasteiger partial charge in [0.1, 0.15) is 0 Å².